The van der Waals surface area contributed by atoms with Crippen LogP contribution in [0.5, 0.6) is 0 Å². The number of nitrogens with zero attached hydrogens (tertiary/aromatic N) is 3. The summed E-state index contributed by atoms with van der Waals surface area (Å²) in [6, 6.07) is 10.4. The Labute approximate surface area is 151 Å². The Bertz CT molecular complexity index is 846. The van der Waals surface area contributed by atoms with Crippen LogP contribution in [0.15, 0.2) is 23.8 Å². The molecule has 4 atom stereocenters. The molecule has 0 radical (unpaired) electrons. The number of hydrogen-bond acceptors (Lipinski definition) is 5. The highest BCUT2D eigenvalue weighted by atomic mass is 32.1. The number of thiophene rings is 1. The SMILES string of the molecule is CC[NH+]1CC=C2C(C#N)C(=N)C(C#N)(C#N)[C@H](c3ccc(C)s3)[C@H]2C1. The fourth-order valence-electron chi connectivity index (χ4n) is 4.18. The summed E-state index contributed by atoms with van der Waals surface area (Å²) in [6.45, 7) is 6.70. The summed E-state index contributed by atoms with van der Waals surface area (Å²) in [7, 11) is 0. The van der Waals surface area contributed by atoms with Gasteiger partial charge in [-0.25, -0.2) is 0 Å². The van der Waals surface area contributed by atoms with Crippen LogP contribution in [0.2, 0.25) is 0 Å². The fourth-order valence-corrected chi connectivity index (χ4v) is 5.29. The number of nitriles is 3. The van der Waals surface area contributed by atoms with E-state index < -0.39 is 11.3 Å². The summed E-state index contributed by atoms with van der Waals surface area (Å²) in [5, 5.41) is 38.1. The number of fused-ring (bicyclic) bond motifs is 1. The molecule has 25 heavy (non-hydrogen) atoms. The van der Waals surface area contributed by atoms with Gasteiger partial charge in [0.05, 0.1) is 43.6 Å². The largest absolute Gasteiger partial charge is 0.331 e. The summed E-state index contributed by atoms with van der Waals surface area (Å²) >= 11 is 1.58. The van der Waals surface area contributed by atoms with Gasteiger partial charge in [-0.2, -0.15) is 15.8 Å². The van der Waals surface area contributed by atoms with Crippen molar-refractivity contribution in [2.75, 3.05) is 19.6 Å². The molecule has 3 rings (SSSR count). The third-order valence-corrected chi connectivity index (χ3v) is 6.61. The van der Waals surface area contributed by atoms with Crippen molar-refractivity contribution in [3.63, 3.8) is 0 Å². The molecule has 1 fully saturated rings. The second-order valence-electron chi connectivity index (χ2n) is 6.76. The van der Waals surface area contributed by atoms with Gasteiger partial charge in [0, 0.05) is 21.6 Å². The number of nitrogens with one attached hydrogen (secondary N) is 2. The van der Waals surface area contributed by atoms with Crippen LogP contribution in [0.25, 0.3) is 0 Å². The molecule has 6 heteroatoms. The van der Waals surface area contributed by atoms with E-state index in [2.05, 4.69) is 31.2 Å². The third-order valence-electron chi connectivity index (χ3n) is 5.53. The molecule has 2 unspecified atom stereocenters. The molecule has 2 N–H and O–H groups in total. The van der Waals surface area contributed by atoms with Crippen molar-refractivity contribution in [1.29, 1.82) is 21.2 Å². The number of rotatable bonds is 2. The molecule has 5 nitrogen and oxygen atoms in total. The lowest BCUT2D eigenvalue weighted by molar-refractivity contribution is -0.897. The van der Waals surface area contributed by atoms with E-state index in [1.807, 2.05) is 19.1 Å². The number of aryl methyl sites for hydroxylation is 1. The minimum absolute atomic E-state index is 0.0557. The van der Waals surface area contributed by atoms with Gasteiger partial charge in [0.25, 0.3) is 0 Å². The lowest BCUT2D eigenvalue weighted by Gasteiger charge is -2.45. The van der Waals surface area contributed by atoms with E-state index in [0.717, 1.165) is 35.0 Å². The van der Waals surface area contributed by atoms with Gasteiger partial charge in [-0.1, -0.05) is 0 Å². The van der Waals surface area contributed by atoms with Gasteiger partial charge < -0.3 is 10.3 Å². The molecular formula is C19H20N5S+. The lowest BCUT2D eigenvalue weighted by atomic mass is 9.55. The zero-order valence-electron chi connectivity index (χ0n) is 14.3. The van der Waals surface area contributed by atoms with Gasteiger partial charge in [0.2, 0.25) is 0 Å². The van der Waals surface area contributed by atoms with E-state index in [4.69, 9.17) is 5.41 Å². The zero-order chi connectivity index (χ0) is 18.2. The number of hydrogen-bond donors (Lipinski definition) is 2. The van der Waals surface area contributed by atoms with Gasteiger partial charge in [0.1, 0.15) is 5.92 Å². The molecule has 2 aliphatic rings. The third kappa shape index (κ3) is 2.48. The summed E-state index contributed by atoms with van der Waals surface area (Å²) in [5.41, 5.74) is -0.698. The van der Waals surface area contributed by atoms with Gasteiger partial charge >= 0.3 is 0 Å². The van der Waals surface area contributed by atoms with Crippen LogP contribution in [0.4, 0.5) is 0 Å². The first-order valence-electron chi connectivity index (χ1n) is 8.43. The molecule has 126 valence electrons. The van der Waals surface area contributed by atoms with E-state index in [-0.39, 0.29) is 17.5 Å². The van der Waals surface area contributed by atoms with Crippen LogP contribution < -0.4 is 4.90 Å². The van der Waals surface area contributed by atoms with Crippen molar-refractivity contribution in [2.24, 2.45) is 17.3 Å². The second-order valence-corrected chi connectivity index (χ2v) is 8.08. The normalized spacial score (nSPS) is 30.4. The maximum absolute atomic E-state index is 9.93. The molecule has 0 spiro atoms. The molecule has 0 saturated heterocycles. The molecule has 1 aromatic heterocycles. The molecule has 1 aliphatic carbocycles. The molecule has 0 amide bonds. The molecular weight excluding hydrogens is 330 g/mol. The van der Waals surface area contributed by atoms with Gasteiger partial charge in [-0.05, 0) is 37.6 Å². The Kier molecular flexibility index (Phi) is 4.48. The van der Waals surface area contributed by atoms with Crippen LogP contribution in [-0.4, -0.2) is 25.3 Å². The van der Waals surface area contributed by atoms with Crippen LogP contribution in [-0.2, 0) is 0 Å². The number of quaternary nitrogens is 1. The van der Waals surface area contributed by atoms with Crippen LogP contribution in [0.1, 0.15) is 22.6 Å². The highest BCUT2D eigenvalue weighted by molar-refractivity contribution is 7.12. The molecule has 1 aromatic rings. The Balaban J connectivity index is 2.24. The zero-order valence-corrected chi connectivity index (χ0v) is 15.2. The highest BCUT2D eigenvalue weighted by Crippen LogP contribution is 2.53. The molecule has 1 saturated carbocycles. The van der Waals surface area contributed by atoms with E-state index in [0.29, 0.717) is 0 Å². The Morgan fingerprint density at radius 3 is 2.56 bits per heavy atom. The van der Waals surface area contributed by atoms with E-state index in [1.54, 1.807) is 11.3 Å². The molecule has 0 aromatic carbocycles. The van der Waals surface area contributed by atoms with E-state index >= 15 is 0 Å². The molecule has 2 heterocycles. The first kappa shape index (κ1) is 17.4. The average molecular weight is 350 g/mol. The highest BCUT2D eigenvalue weighted by Gasteiger charge is 2.58. The van der Waals surface area contributed by atoms with E-state index in [1.165, 1.54) is 4.90 Å². The predicted octanol–water partition coefficient (Wildman–Crippen LogP) is 1.81. The van der Waals surface area contributed by atoms with Crippen LogP contribution in [0, 0.1) is 63.6 Å². The smallest absolute Gasteiger partial charge is 0.190 e. The van der Waals surface area contributed by atoms with Crippen molar-refractivity contribution in [3.05, 3.63) is 33.5 Å². The first-order chi connectivity index (χ1) is 12.0. The topological polar surface area (TPSA) is 99.7 Å². The summed E-state index contributed by atoms with van der Waals surface area (Å²) in [4.78, 5) is 3.46. The summed E-state index contributed by atoms with van der Waals surface area (Å²) in [6.07, 6.45) is 2.07. The van der Waals surface area contributed by atoms with Gasteiger partial charge in [-0.15, -0.1) is 11.3 Å². The van der Waals surface area contributed by atoms with Gasteiger partial charge in [0.15, 0.2) is 5.41 Å². The van der Waals surface area contributed by atoms with E-state index in [9.17, 15) is 15.8 Å². The van der Waals surface area contributed by atoms with Crippen molar-refractivity contribution >= 4 is 17.0 Å². The van der Waals surface area contributed by atoms with Crippen molar-refractivity contribution in [2.45, 2.75) is 19.8 Å². The standard InChI is InChI=1S/C19H19N5S/c1-3-24-7-6-13-14(8-20)18(23)19(10-21,11-22)17(15(13)9-24)16-5-4-12(2)25-16/h4-6,14-15,17,23H,3,7,9H2,1-2H3/p+1/t14?,15-,17-/m0/s1. The maximum atomic E-state index is 9.93. The lowest BCUT2D eigenvalue weighted by Crippen LogP contribution is -3.13. The van der Waals surface area contributed by atoms with Crippen LogP contribution >= 0.6 is 11.3 Å². The molecule has 1 aliphatic heterocycles. The van der Waals surface area contributed by atoms with Gasteiger partial charge in [-0.3, -0.25) is 0 Å². The van der Waals surface area contributed by atoms with Crippen molar-refractivity contribution in [1.82, 2.24) is 0 Å². The minimum Gasteiger partial charge on any atom is -0.331 e. The average Bonchev–Trinajstić information content (AvgIpc) is 3.06. The fraction of sp³-hybridized carbons (Fsp3) is 0.474. The minimum atomic E-state index is -1.57. The quantitative estimate of drug-likeness (QED) is 0.796. The number of likely N-dealkylation sites (N-methyl/N-ethyl adjacent to an activating group) is 1. The Hall–Kier alpha value is -2.46. The monoisotopic (exact) mass is 350 g/mol. The Morgan fingerprint density at radius 1 is 1.32 bits per heavy atom. The van der Waals surface area contributed by atoms with Crippen molar-refractivity contribution in [3.8, 4) is 18.2 Å². The van der Waals surface area contributed by atoms with Crippen LogP contribution in [0.3, 0.4) is 0 Å². The first-order valence-corrected chi connectivity index (χ1v) is 9.24. The predicted molar refractivity (Wildman–Crippen MR) is 95.1 cm³/mol. The maximum Gasteiger partial charge on any atom is 0.190 e. The Morgan fingerprint density at radius 2 is 2.04 bits per heavy atom. The summed E-state index contributed by atoms with van der Waals surface area (Å²) in [5.74, 6) is -1.20. The second kappa shape index (κ2) is 6.45. The summed E-state index contributed by atoms with van der Waals surface area (Å²) < 4.78 is 0. The van der Waals surface area contributed by atoms with Crippen molar-refractivity contribution < 1.29 is 4.90 Å². The molecule has 0 bridgehead atoms.